The highest BCUT2D eigenvalue weighted by Gasteiger charge is 2.38. The minimum Gasteiger partial charge on any atom is -0.480 e. The van der Waals surface area contributed by atoms with Gasteiger partial charge in [0.2, 0.25) is 5.91 Å². The predicted molar refractivity (Wildman–Crippen MR) is 68.4 cm³/mol. The second-order valence-electron chi connectivity index (χ2n) is 5.69. The molecule has 19 heavy (non-hydrogen) atoms. The Morgan fingerprint density at radius 2 is 1.95 bits per heavy atom. The molecule has 1 rings (SSSR count). The number of hydrogen-bond acceptors (Lipinski definition) is 3. The molecule has 7 nitrogen and oxygen atoms in total. The molecule has 1 heterocycles. The van der Waals surface area contributed by atoms with Gasteiger partial charge in [-0.25, -0.2) is 4.79 Å². The van der Waals surface area contributed by atoms with Crippen LogP contribution in [0.15, 0.2) is 0 Å². The number of carbonyl (C=O) groups is 3. The lowest BCUT2D eigenvalue weighted by molar-refractivity contribution is -0.138. The molecule has 0 aliphatic carbocycles. The molecule has 1 aliphatic rings. The van der Waals surface area contributed by atoms with E-state index in [9.17, 15) is 14.4 Å². The van der Waals surface area contributed by atoms with Gasteiger partial charge in [-0.3, -0.25) is 9.59 Å². The van der Waals surface area contributed by atoms with Gasteiger partial charge < -0.3 is 20.6 Å². The van der Waals surface area contributed by atoms with E-state index in [1.807, 2.05) is 0 Å². The molecule has 3 N–H and O–H groups in total. The van der Waals surface area contributed by atoms with Crippen molar-refractivity contribution in [2.24, 2.45) is 5.73 Å². The largest absolute Gasteiger partial charge is 0.480 e. The summed E-state index contributed by atoms with van der Waals surface area (Å²) >= 11 is 0. The molecule has 108 valence electrons. The summed E-state index contributed by atoms with van der Waals surface area (Å²) in [7, 11) is 0. The van der Waals surface area contributed by atoms with Gasteiger partial charge in [0.15, 0.2) is 0 Å². The average Bonchev–Trinajstić information content (AvgIpc) is 2.71. The predicted octanol–water partition coefficient (Wildman–Crippen LogP) is 0.241. The highest BCUT2D eigenvalue weighted by atomic mass is 16.4. The third-order valence-electron chi connectivity index (χ3n) is 3.16. The van der Waals surface area contributed by atoms with Crippen molar-refractivity contribution in [3.8, 4) is 0 Å². The van der Waals surface area contributed by atoms with Crippen LogP contribution in [-0.2, 0) is 9.59 Å². The van der Waals surface area contributed by atoms with Crippen LogP contribution in [0.2, 0.25) is 0 Å². The van der Waals surface area contributed by atoms with Gasteiger partial charge in [-0.2, -0.15) is 0 Å². The number of nitrogens with two attached hydrogens (primary N) is 1. The summed E-state index contributed by atoms with van der Waals surface area (Å²) in [5.74, 6) is -1.63. The first-order valence-corrected chi connectivity index (χ1v) is 6.24. The molecule has 0 spiro atoms. The normalized spacial score (nSPS) is 19.3. The molecule has 0 aromatic rings. The molecule has 0 bridgehead atoms. The number of aliphatic carboxylic acids is 1. The first kappa shape index (κ1) is 15.3. The Morgan fingerprint density at radius 3 is 2.37 bits per heavy atom. The summed E-state index contributed by atoms with van der Waals surface area (Å²) in [5, 5.41) is 8.91. The number of nitrogens with zero attached hydrogens (tertiary/aromatic N) is 2. The van der Waals surface area contributed by atoms with Crippen LogP contribution in [0.3, 0.4) is 0 Å². The fraction of sp³-hybridized carbons (Fsp3) is 0.750. The van der Waals surface area contributed by atoms with Crippen LogP contribution in [-0.4, -0.2) is 57.5 Å². The van der Waals surface area contributed by atoms with Crippen molar-refractivity contribution in [2.75, 3.05) is 13.1 Å². The Kier molecular flexibility index (Phi) is 4.39. The summed E-state index contributed by atoms with van der Waals surface area (Å²) in [6.45, 7) is 5.29. The van der Waals surface area contributed by atoms with Gasteiger partial charge in [-0.1, -0.05) is 0 Å². The van der Waals surface area contributed by atoms with Crippen molar-refractivity contribution in [3.05, 3.63) is 0 Å². The van der Waals surface area contributed by atoms with Crippen molar-refractivity contribution in [2.45, 2.75) is 45.2 Å². The Hall–Kier alpha value is -1.79. The van der Waals surface area contributed by atoms with Crippen LogP contribution in [0.4, 0.5) is 4.79 Å². The first-order chi connectivity index (χ1) is 8.64. The standard InChI is InChI=1S/C12H21N3O4/c1-12(2,3)15(7-9(16)17)11(19)14-6-4-5-8(14)10(13)18/h8H,4-7H2,1-3H3,(H2,13,18)(H,16,17). The van der Waals surface area contributed by atoms with E-state index in [-0.39, 0.29) is 0 Å². The smallest absolute Gasteiger partial charge is 0.323 e. The van der Waals surface area contributed by atoms with E-state index in [0.717, 1.165) is 0 Å². The SMILES string of the molecule is CC(C)(C)N(CC(=O)O)C(=O)N1CCCC1C(N)=O. The Morgan fingerprint density at radius 1 is 1.37 bits per heavy atom. The highest BCUT2D eigenvalue weighted by Crippen LogP contribution is 2.22. The van der Waals surface area contributed by atoms with Gasteiger partial charge in [-0.15, -0.1) is 0 Å². The number of amides is 3. The molecule has 1 unspecified atom stereocenters. The van der Waals surface area contributed by atoms with E-state index in [2.05, 4.69) is 0 Å². The van der Waals surface area contributed by atoms with E-state index in [4.69, 9.17) is 10.8 Å². The molecule has 1 aliphatic heterocycles. The third-order valence-corrected chi connectivity index (χ3v) is 3.16. The van der Waals surface area contributed by atoms with Crippen molar-refractivity contribution < 1.29 is 19.5 Å². The summed E-state index contributed by atoms with van der Waals surface area (Å²) in [6.07, 6.45) is 1.23. The molecular formula is C12H21N3O4. The average molecular weight is 271 g/mol. The van der Waals surface area contributed by atoms with E-state index in [1.54, 1.807) is 20.8 Å². The van der Waals surface area contributed by atoms with Crippen molar-refractivity contribution in [3.63, 3.8) is 0 Å². The third kappa shape index (κ3) is 3.59. The van der Waals surface area contributed by atoms with E-state index in [0.29, 0.717) is 19.4 Å². The Balaban J connectivity index is 2.93. The van der Waals surface area contributed by atoms with Gasteiger partial charge in [0.1, 0.15) is 12.6 Å². The molecule has 0 radical (unpaired) electrons. The van der Waals surface area contributed by atoms with Crippen LogP contribution >= 0.6 is 0 Å². The maximum absolute atomic E-state index is 12.4. The summed E-state index contributed by atoms with van der Waals surface area (Å²) in [5.41, 5.74) is 4.63. The number of hydrogen-bond donors (Lipinski definition) is 2. The molecular weight excluding hydrogens is 250 g/mol. The van der Waals surface area contributed by atoms with Crippen LogP contribution in [0.25, 0.3) is 0 Å². The number of carboxylic acid groups (broad SMARTS) is 1. The zero-order chi connectivity index (χ0) is 14.8. The van der Waals surface area contributed by atoms with Crippen LogP contribution in [0.1, 0.15) is 33.6 Å². The molecule has 7 heteroatoms. The molecule has 1 fully saturated rings. The number of likely N-dealkylation sites (tertiary alicyclic amines) is 1. The lowest BCUT2D eigenvalue weighted by Gasteiger charge is -2.38. The summed E-state index contributed by atoms with van der Waals surface area (Å²) < 4.78 is 0. The van der Waals surface area contributed by atoms with E-state index in [1.165, 1.54) is 9.80 Å². The topological polar surface area (TPSA) is 104 Å². The summed E-state index contributed by atoms with van der Waals surface area (Å²) in [6, 6.07) is -1.08. The molecule has 1 saturated heterocycles. The van der Waals surface area contributed by atoms with Crippen LogP contribution in [0.5, 0.6) is 0 Å². The highest BCUT2D eigenvalue weighted by molar-refractivity contribution is 5.88. The van der Waals surface area contributed by atoms with Crippen molar-refractivity contribution in [1.82, 2.24) is 9.80 Å². The second kappa shape index (κ2) is 5.46. The lowest BCUT2D eigenvalue weighted by atomic mass is 10.1. The van der Waals surface area contributed by atoms with E-state index < -0.39 is 36.0 Å². The van der Waals surface area contributed by atoms with Gasteiger partial charge in [0.25, 0.3) is 0 Å². The maximum atomic E-state index is 12.4. The summed E-state index contributed by atoms with van der Waals surface area (Å²) in [4.78, 5) is 37.2. The quantitative estimate of drug-likeness (QED) is 0.767. The van der Waals surface area contributed by atoms with E-state index >= 15 is 0 Å². The number of primary amides is 1. The van der Waals surface area contributed by atoms with Crippen LogP contribution < -0.4 is 5.73 Å². The lowest BCUT2D eigenvalue weighted by Crippen LogP contribution is -2.56. The number of carboxylic acids is 1. The zero-order valence-corrected chi connectivity index (χ0v) is 11.5. The van der Waals surface area contributed by atoms with Crippen molar-refractivity contribution in [1.29, 1.82) is 0 Å². The minimum absolute atomic E-state index is 0.398. The fourth-order valence-corrected chi connectivity index (χ4v) is 2.17. The minimum atomic E-state index is -1.09. The molecule has 0 aromatic heterocycles. The van der Waals surface area contributed by atoms with Gasteiger partial charge in [-0.05, 0) is 33.6 Å². The zero-order valence-electron chi connectivity index (χ0n) is 11.5. The number of urea groups is 1. The monoisotopic (exact) mass is 271 g/mol. The van der Waals surface area contributed by atoms with Crippen LogP contribution in [0, 0.1) is 0 Å². The second-order valence-corrected chi connectivity index (χ2v) is 5.69. The van der Waals surface area contributed by atoms with Gasteiger partial charge >= 0.3 is 12.0 Å². The number of rotatable bonds is 3. The molecule has 0 aromatic carbocycles. The van der Waals surface area contributed by atoms with Gasteiger partial charge in [0.05, 0.1) is 0 Å². The van der Waals surface area contributed by atoms with Gasteiger partial charge in [0, 0.05) is 12.1 Å². The molecule has 1 atom stereocenters. The van der Waals surface area contributed by atoms with Crippen molar-refractivity contribution >= 4 is 17.9 Å². The molecule has 0 saturated carbocycles. The Bertz CT molecular complexity index is 389. The number of carbonyl (C=O) groups excluding carboxylic acids is 2. The fourth-order valence-electron chi connectivity index (χ4n) is 2.17. The maximum Gasteiger partial charge on any atom is 0.323 e. The first-order valence-electron chi connectivity index (χ1n) is 6.24. The Labute approximate surface area is 112 Å². The molecule has 3 amide bonds.